The Morgan fingerprint density at radius 2 is 0.692 bits per heavy atom. The molecular weight excluding hydrogens is 543 g/mol. The Labute approximate surface area is 171 Å². The molecule has 0 fully saturated rings. The minimum absolute atomic E-state index is 0.186. The monoisotopic (exact) mass is 566 g/mol. The fourth-order valence-corrected chi connectivity index (χ4v) is 14.7. The molecule has 0 spiro atoms. The van der Waals surface area contributed by atoms with Gasteiger partial charge in [0.1, 0.15) is 0 Å². The predicted molar refractivity (Wildman–Crippen MR) is 115 cm³/mol. The minimum atomic E-state index is -0.186. The number of hydrogen-bond acceptors (Lipinski definition) is 0. The third-order valence-corrected chi connectivity index (χ3v) is 15.9. The molecule has 0 aliphatic rings. The Balaban J connectivity index is 1.62. The first-order valence-electron chi connectivity index (χ1n) is 8.55. The van der Waals surface area contributed by atoms with Gasteiger partial charge in [-0.1, -0.05) is 0 Å². The molecule has 0 aromatic heterocycles. The topological polar surface area (TPSA) is 0 Å². The quantitative estimate of drug-likeness (QED) is 0.319. The van der Waals surface area contributed by atoms with Gasteiger partial charge in [0.25, 0.3) is 0 Å². The summed E-state index contributed by atoms with van der Waals surface area (Å²) >= 11 is -0.372. The van der Waals surface area contributed by atoms with E-state index in [4.69, 9.17) is 0 Å². The molecule has 0 amide bonds. The molecule has 0 nitrogen and oxygen atoms in total. The van der Waals surface area contributed by atoms with Crippen LogP contribution >= 0.6 is 0 Å². The molecule has 4 rings (SSSR count). The molecule has 0 radical (unpaired) electrons. The molecule has 126 valence electrons. The van der Waals surface area contributed by atoms with Crippen molar-refractivity contribution in [3.63, 3.8) is 0 Å². The average molecular weight is 562 g/mol. The summed E-state index contributed by atoms with van der Waals surface area (Å²) in [4.78, 5) is 0. The van der Waals surface area contributed by atoms with E-state index in [0.29, 0.717) is 0 Å². The molecule has 4 aromatic rings. The van der Waals surface area contributed by atoms with Gasteiger partial charge in [-0.2, -0.15) is 0 Å². The Morgan fingerprint density at radius 1 is 0.346 bits per heavy atom. The van der Waals surface area contributed by atoms with Gasteiger partial charge in [0, 0.05) is 0 Å². The zero-order valence-electron chi connectivity index (χ0n) is 14.2. The van der Waals surface area contributed by atoms with Crippen molar-refractivity contribution in [2.45, 2.75) is 0 Å². The van der Waals surface area contributed by atoms with Gasteiger partial charge in [0.2, 0.25) is 0 Å². The Morgan fingerprint density at radius 3 is 1.12 bits per heavy atom. The molecule has 0 heterocycles. The Kier molecular flexibility index (Phi) is 6.11. The zero-order chi connectivity index (χ0) is 17.6. The van der Waals surface area contributed by atoms with Crippen LogP contribution in [-0.4, -0.2) is 34.1 Å². The molecule has 0 saturated heterocycles. The van der Waals surface area contributed by atoms with Crippen LogP contribution in [0, 0.1) is 0 Å². The second kappa shape index (κ2) is 8.90. The van der Waals surface area contributed by atoms with E-state index in [9.17, 15) is 0 Å². The van der Waals surface area contributed by atoms with Crippen molar-refractivity contribution in [2.24, 2.45) is 0 Å². The summed E-state index contributed by atoms with van der Waals surface area (Å²) in [5, 5.41) is 0. The van der Waals surface area contributed by atoms with Crippen molar-refractivity contribution in [3.8, 4) is 22.3 Å². The molecule has 0 aliphatic carbocycles. The average Bonchev–Trinajstić information content (AvgIpc) is 2.74. The summed E-state index contributed by atoms with van der Waals surface area (Å²) in [6.07, 6.45) is 0. The molecule has 26 heavy (non-hydrogen) atoms. The van der Waals surface area contributed by atoms with Crippen molar-refractivity contribution in [3.05, 3.63) is 109 Å². The first kappa shape index (κ1) is 17.9. The van der Waals surface area contributed by atoms with E-state index in [-0.39, 0.29) is 34.1 Å². The third-order valence-electron chi connectivity index (χ3n) is 4.16. The van der Waals surface area contributed by atoms with E-state index in [1.54, 1.807) is 7.22 Å². The van der Waals surface area contributed by atoms with Crippen molar-refractivity contribution in [1.82, 2.24) is 0 Å². The second-order valence-corrected chi connectivity index (χ2v) is 15.7. The van der Waals surface area contributed by atoms with E-state index in [1.807, 2.05) is 0 Å². The van der Waals surface area contributed by atoms with Gasteiger partial charge in [-0.05, 0) is 0 Å². The molecule has 0 atom stereocenters. The van der Waals surface area contributed by atoms with Crippen molar-refractivity contribution in [2.75, 3.05) is 0 Å². The van der Waals surface area contributed by atoms with Crippen LogP contribution in [0.15, 0.2) is 109 Å². The van der Waals surface area contributed by atoms with E-state index >= 15 is 0 Å². The van der Waals surface area contributed by atoms with Crippen molar-refractivity contribution in [1.29, 1.82) is 0 Å². The van der Waals surface area contributed by atoms with Crippen LogP contribution in [0.3, 0.4) is 0 Å². The molecule has 0 N–H and O–H groups in total. The van der Waals surface area contributed by atoms with Gasteiger partial charge in [0.05, 0.1) is 0 Å². The number of hydrogen-bond donors (Lipinski definition) is 0. The van der Waals surface area contributed by atoms with Gasteiger partial charge in [-0.15, -0.1) is 0 Å². The fraction of sp³-hybridized carbons (Fsp3) is 0. The maximum atomic E-state index is 2.35. The Hall–Kier alpha value is -1.54. The van der Waals surface area contributed by atoms with Crippen LogP contribution in [0.5, 0.6) is 0 Å². The molecule has 0 bridgehead atoms. The fourth-order valence-electron chi connectivity index (χ4n) is 2.88. The SMILES string of the molecule is c1ccc(-c2ccccc2[Te][Te]c2ccccc2-c2ccccc2)cc1. The Bertz CT molecular complexity index is 896. The van der Waals surface area contributed by atoms with Crippen molar-refractivity contribution >= 4 is 41.3 Å². The van der Waals surface area contributed by atoms with Crippen LogP contribution < -0.4 is 7.22 Å². The van der Waals surface area contributed by atoms with Gasteiger partial charge in [0.15, 0.2) is 0 Å². The predicted octanol–water partition coefficient (Wildman–Crippen LogP) is 4.29. The molecule has 0 unspecified atom stereocenters. The van der Waals surface area contributed by atoms with Crippen LogP contribution in [0.1, 0.15) is 0 Å². The summed E-state index contributed by atoms with van der Waals surface area (Å²) in [6.45, 7) is 0. The summed E-state index contributed by atoms with van der Waals surface area (Å²) in [5.74, 6) is 0. The summed E-state index contributed by atoms with van der Waals surface area (Å²) < 4.78 is 3.18. The molecule has 2 heteroatoms. The number of benzene rings is 4. The van der Waals surface area contributed by atoms with E-state index in [0.717, 1.165) is 0 Å². The van der Waals surface area contributed by atoms with E-state index in [1.165, 1.54) is 22.3 Å². The third kappa shape index (κ3) is 4.23. The molecule has 0 saturated carbocycles. The summed E-state index contributed by atoms with van der Waals surface area (Å²) in [5.41, 5.74) is 5.55. The van der Waals surface area contributed by atoms with Crippen molar-refractivity contribution < 1.29 is 0 Å². The molecular formula is C24H18Te2. The standard InChI is InChI=1S/C24H18Te2/c1-3-11-19(12-4-1)21-15-7-9-17-23(21)25-26-24-18-10-8-16-22(24)20-13-5-2-6-14-20/h1-18H. The van der Waals surface area contributed by atoms with Crippen LogP contribution in [0.25, 0.3) is 22.3 Å². The van der Waals surface area contributed by atoms with Crippen LogP contribution in [-0.2, 0) is 0 Å². The van der Waals surface area contributed by atoms with Gasteiger partial charge in [-0.25, -0.2) is 0 Å². The normalized spacial score (nSPS) is 10.6. The second-order valence-electron chi connectivity index (χ2n) is 5.89. The van der Waals surface area contributed by atoms with Gasteiger partial charge < -0.3 is 0 Å². The summed E-state index contributed by atoms with van der Waals surface area (Å²) in [7, 11) is 0. The first-order chi connectivity index (χ1) is 12.9. The summed E-state index contributed by atoms with van der Waals surface area (Å²) in [6, 6.07) is 39.6. The van der Waals surface area contributed by atoms with Gasteiger partial charge >= 0.3 is 173 Å². The van der Waals surface area contributed by atoms with E-state index < -0.39 is 0 Å². The maximum absolute atomic E-state index is 2.35. The number of rotatable bonds is 5. The molecule has 0 aliphatic heterocycles. The van der Waals surface area contributed by atoms with Crippen LogP contribution in [0.4, 0.5) is 0 Å². The first-order valence-corrected chi connectivity index (χ1v) is 18.2. The van der Waals surface area contributed by atoms with E-state index in [2.05, 4.69) is 109 Å². The van der Waals surface area contributed by atoms with Gasteiger partial charge in [-0.3, -0.25) is 0 Å². The zero-order valence-corrected chi connectivity index (χ0v) is 18.9. The van der Waals surface area contributed by atoms with Crippen LogP contribution in [0.2, 0.25) is 0 Å². The molecule has 4 aromatic carbocycles.